The molecular weight excluding hydrogens is 248 g/mol. The average molecular weight is 272 g/mol. The van der Waals surface area contributed by atoms with Crippen LogP contribution in [0.25, 0.3) is 10.9 Å². The van der Waals surface area contributed by atoms with Gasteiger partial charge in [0.1, 0.15) is 5.75 Å². The Labute approximate surface area is 121 Å². The summed E-state index contributed by atoms with van der Waals surface area (Å²) in [5.74, 6) is 0.915. The first-order valence-corrected chi connectivity index (χ1v) is 7.48. The lowest BCUT2D eigenvalue weighted by molar-refractivity contribution is 0.419. The SMILES string of the molecule is CC.COc1cc(C)nc2ccc(N3CCCC3)cc12. The molecule has 3 heteroatoms. The number of methoxy groups -OCH3 is 1. The molecule has 1 aliphatic heterocycles. The Hall–Kier alpha value is -1.77. The molecule has 0 N–H and O–H groups in total. The molecule has 108 valence electrons. The zero-order valence-corrected chi connectivity index (χ0v) is 12.9. The Morgan fingerprint density at radius 2 is 1.80 bits per heavy atom. The second kappa shape index (κ2) is 6.60. The molecule has 0 bridgehead atoms. The van der Waals surface area contributed by atoms with Gasteiger partial charge in [0.05, 0.1) is 12.6 Å². The van der Waals surface area contributed by atoms with Crippen LogP contribution in [0.1, 0.15) is 32.4 Å². The van der Waals surface area contributed by atoms with Crippen LogP contribution in [0.15, 0.2) is 24.3 Å². The van der Waals surface area contributed by atoms with Crippen molar-refractivity contribution in [1.29, 1.82) is 0 Å². The number of aromatic nitrogens is 1. The highest BCUT2D eigenvalue weighted by molar-refractivity contribution is 5.88. The Kier molecular flexibility index (Phi) is 4.83. The van der Waals surface area contributed by atoms with E-state index < -0.39 is 0 Å². The molecule has 1 aromatic heterocycles. The summed E-state index contributed by atoms with van der Waals surface area (Å²) < 4.78 is 5.47. The monoisotopic (exact) mass is 272 g/mol. The number of hydrogen-bond donors (Lipinski definition) is 0. The van der Waals surface area contributed by atoms with Crippen molar-refractivity contribution in [3.63, 3.8) is 0 Å². The second-order valence-electron chi connectivity index (χ2n) is 4.86. The first-order valence-electron chi connectivity index (χ1n) is 7.48. The van der Waals surface area contributed by atoms with E-state index in [4.69, 9.17) is 4.74 Å². The molecule has 0 unspecified atom stereocenters. The molecule has 0 aliphatic carbocycles. The summed E-state index contributed by atoms with van der Waals surface area (Å²) in [6.07, 6.45) is 2.59. The van der Waals surface area contributed by atoms with Crippen LogP contribution in [-0.2, 0) is 0 Å². The lowest BCUT2D eigenvalue weighted by atomic mass is 10.1. The molecule has 2 aromatic rings. The van der Waals surface area contributed by atoms with E-state index in [9.17, 15) is 0 Å². The summed E-state index contributed by atoms with van der Waals surface area (Å²) in [6.45, 7) is 8.32. The predicted octanol–water partition coefficient (Wildman–Crippen LogP) is 4.18. The third-order valence-corrected chi connectivity index (χ3v) is 3.57. The van der Waals surface area contributed by atoms with Gasteiger partial charge in [0.25, 0.3) is 0 Å². The lowest BCUT2D eigenvalue weighted by Crippen LogP contribution is -2.17. The molecule has 3 rings (SSSR count). The first kappa shape index (κ1) is 14.6. The highest BCUT2D eigenvalue weighted by Gasteiger charge is 2.14. The standard InChI is InChI=1S/C15H18N2O.C2H6/c1-11-9-15(18-2)13-10-12(5-6-14(13)16-11)17-7-3-4-8-17;1-2/h5-6,9-10H,3-4,7-8H2,1-2H3;1-2H3. The van der Waals surface area contributed by atoms with Gasteiger partial charge in [-0.1, -0.05) is 13.8 Å². The van der Waals surface area contributed by atoms with E-state index in [0.29, 0.717) is 0 Å². The van der Waals surface area contributed by atoms with Gasteiger partial charge in [-0.2, -0.15) is 0 Å². The van der Waals surface area contributed by atoms with Gasteiger partial charge < -0.3 is 9.64 Å². The highest BCUT2D eigenvalue weighted by Crippen LogP contribution is 2.30. The smallest absolute Gasteiger partial charge is 0.130 e. The minimum absolute atomic E-state index is 0.915. The van der Waals surface area contributed by atoms with Crippen molar-refractivity contribution in [2.24, 2.45) is 0 Å². The van der Waals surface area contributed by atoms with Crippen molar-refractivity contribution in [2.75, 3.05) is 25.1 Å². The topological polar surface area (TPSA) is 25.4 Å². The van der Waals surface area contributed by atoms with Crippen LogP contribution in [0.5, 0.6) is 5.75 Å². The van der Waals surface area contributed by atoms with E-state index >= 15 is 0 Å². The summed E-state index contributed by atoms with van der Waals surface area (Å²) in [7, 11) is 1.72. The van der Waals surface area contributed by atoms with Gasteiger partial charge in [-0.15, -0.1) is 0 Å². The van der Waals surface area contributed by atoms with Crippen LogP contribution in [-0.4, -0.2) is 25.2 Å². The normalized spacial score (nSPS) is 14.1. The molecule has 2 heterocycles. The van der Waals surface area contributed by atoms with Gasteiger partial charge in [0.15, 0.2) is 0 Å². The van der Waals surface area contributed by atoms with Crippen LogP contribution in [0.3, 0.4) is 0 Å². The summed E-state index contributed by atoms with van der Waals surface area (Å²) in [4.78, 5) is 6.98. The molecule has 0 saturated carbocycles. The minimum Gasteiger partial charge on any atom is -0.496 e. The molecule has 3 nitrogen and oxygen atoms in total. The zero-order valence-electron chi connectivity index (χ0n) is 12.9. The molecule has 1 aromatic carbocycles. The van der Waals surface area contributed by atoms with Crippen LogP contribution in [0.2, 0.25) is 0 Å². The molecular formula is C17H24N2O. The Morgan fingerprint density at radius 3 is 2.45 bits per heavy atom. The molecule has 0 amide bonds. The maximum absolute atomic E-state index is 5.47. The van der Waals surface area contributed by atoms with Gasteiger partial charge in [0.2, 0.25) is 0 Å². The average Bonchev–Trinajstić information content (AvgIpc) is 3.02. The Bertz CT molecular complexity index is 574. The third-order valence-electron chi connectivity index (χ3n) is 3.57. The van der Waals surface area contributed by atoms with E-state index in [1.165, 1.54) is 18.5 Å². The summed E-state index contributed by atoms with van der Waals surface area (Å²) in [5.41, 5.74) is 3.28. The first-order chi connectivity index (χ1) is 9.78. The Balaban J connectivity index is 0.000000704. The highest BCUT2D eigenvalue weighted by atomic mass is 16.5. The lowest BCUT2D eigenvalue weighted by Gasteiger charge is -2.18. The summed E-state index contributed by atoms with van der Waals surface area (Å²) in [5, 5.41) is 1.10. The van der Waals surface area contributed by atoms with Crippen molar-refractivity contribution >= 4 is 16.6 Å². The molecule has 0 spiro atoms. The van der Waals surface area contributed by atoms with Crippen LogP contribution in [0, 0.1) is 6.92 Å². The van der Waals surface area contributed by atoms with Crippen molar-refractivity contribution in [2.45, 2.75) is 33.6 Å². The molecule has 1 aliphatic rings. The fourth-order valence-electron chi connectivity index (χ4n) is 2.65. The van der Waals surface area contributed by atoms with E-state index in [1.54, 1.807) is 7.11 Å². The van der Waals surface area contributed by atoms with Gasteiger partial charge in [-0.25, -0.2) is 0 Å². The van der Waals surface area contributed by atoms with E-state index in [1.807, 2.05) is 26.8 Å². The number of ether oxygens (including phenoxy) is 1. The van der Waals surface area contributed by atoms with Crippen molar-refractivity contribution in [3.05, 3.63) is 30.0 Å². The number of hydrogen-bond acceptors (Lipinski definition) is 3. The maximum atomic E-state index is 5.47. The number of nitrogens with zero attached hydrogens (tertiary/aromatic N) is 2. The van der Waals surface area contributed by atoms with Gasteiger partial charge in [0, 0.05) is 35.9 Å². The van der Waals surface area contributed by atoms with Crippen LogP contribution < -0.4 is 9.64 Å². The van der Waals surface area contributed by atoms with Crippen molar-refractivity contribution in [1.82, 2.24) is 4.98 Å². The molecule has 1 fully saturated rings. The fourth-order valence-corrected chi connectivity index (χ4v) is 2.65. The predicted molar refractivity (Wildman–Crippen MR) is 85.8 cm³/mol. The molecule has 0 radical (unpaired) electrons. The van der Waals surface area contributed by atoms with Crippen molar-refractivity contribution < 1.29 is 4.74 Å². The number of anilines is 1. The molecule has 20 heavy (non-hydrogen) atoms. The summed E-state index contributed by atoms with van der Waals surface area (Å²) in [6, 6.07) is 8.46. The Morgan fingerprint density at radius 1 is 1.10 bits per heavy atom. The molecule has 1 saturated heterocycles. The zero-order chi connectivity index (χ0) is 14.5. The number of aryl methyl sites for hydroxylation is 1. The third kappa shape index (κ3) is 2.87. The minimum atomic E-state index is 0.915. The van der Waals surface area contributed by atoms with Gasteiger partial charge in [-0.05, 0) is 38.0 Å². The number of pyridine rings is 1. The van der Waals surface area contributed by atoms with Crippen molar-refractivity contribution in [3.8, 4) is 5.75 Å². The van der Waals surface area contributed by atoms with Gasteiger partial charge in [-0.3, -0.25) is 4.98 Å². The number of rotatable bonds is 2. The van der Waals surface area contributed by atoms with Crippen LogP contribution >= 0.6 is 0 Å². The fraction of sp³-hybridized carbons (Fsp3) is 0.471. The van der Waals surface area contributed by atoms with E-state index in [0.717, 1.165) is 35.4 Å². The number of fused-ring (bicyclic) bond motifs is 1. The molecule has 0 atom stereocenters. The van der Waals surface area contributed by atoms with Gasteiger partial charge >= 0.3 is 0 Å². The quantitative estimate of drug-likeness (QED) is 0.820. The largest absolute Gasteiger partial charge is 0.496 e. The van der Waals surface area contributed by atoms with E-state index in [-0.39, 0.29) is 0 Å². The van der Waals surface area contributed by atoms with E-state index in [2.05, 4.69) is 28.1 Å². The summed E-state index contributed by atoms with van der Waals surface area (Å²) >= 11 is 0. The van der Waals surface area contributed by atoms with Crippen LogP contribution in [0.4, 0.5) is 5.69 Å². The number of benzene rings is 1. The second-order valence-corrected chi connectivity index (χ2v) is 4.86. The maximum Gasteiger partial charge on any atom is 0.130 e.